The third-order valence-electron chi connectivity index (χ3n) is 2.84. The molecular weight excluding hydrogens is 251 g/mol. The zero-order valence-electron chi connectivity index (χ0n) is 10.9. The molecule has 0 heterocycles. The molecule has 0 aliphatic carbocycles. The number of benzene rings is 1. The zero-order valence-corrected chi connectivity index (χ0v) is 11.7. The summed E-state index contributed by atoms with van der Waals surface area (Å²) in [5, 5.41) is 10.2. The van der Waals surface area contributed by atoms with Crippen molar-refractivity contribution in [1.29, 1.82) is 0 Å². The molecule has 98 valence electrons. The van der Waals surface area contributed by atoms with Crippen LogP contribution in [0.5, 0.6) is 0 Å². The molecule has 1 nitrogen and oxygen atoms in total. The Morgan fingerprint density at radius 2 is 2.17 bits per heavy atom. The van der Waals surface area contributed by atoms with Gasteiger partial charge in [0.15, 0.2) is 0 Å². The fourth-order valence-electron chi connectivity index (χ4n) is 1.65. The van der Waals surface area contributed by atoms with Gasteiger partial charge in [-0.2, -0.15) is 0 Å². The van der Waals surface area contributed by atoms with Gasteiger partial charge in [-0.25, -0.2) is 4.39 Å². The Kier molecular flexibility index (Phi) is 5.19. The Labute approximate surface area is 113 Å². The first-order valence-corrected chi connectivity index (χ1v) is 6.42. The molecule has 0 saturated heterocycles. The molecule has 0 spiro atoms. The van der Waals surface area contributed by atoms with Crippen molar-refractivity contribution in [3.8, 4) is 11.8 Å². The summed E-state index contributed by atoms with van der Waals surface area (Å²) in [5.41, 5.74) is -0.429. The highest BCUT2D eigenvalue weighted by molar-refractivity contribution is 6.30. The molecule has 3 heteroatoms. The first-order valence-electron chi connectivity index (χ1n) is 6.04. The van der Waals surface area contributed by atoms with Crippen LogP contribution >= 0.6 is 11.6 Å². The van der Waals surface area contributed by atoms with Crippen molar-refractivity contribution in [2.75, 3.05) is 0 Å². The van der Waals surface area contributed by atoms with Crippen molar-refractivity contribution in [2.24, 2.45) is 5.92 Å². The fourth-order valence-corrected chi connectivity index (χ4v) is 1.84. The summed E-state index contributed by atoms with van der Waals surface area (Å²) in [4.78, 5) is 0. The minimum Gasteiger partial charge on any atom is -0.378 e. The summed E-state index contributed by atoms with van der Waals surface area (Å²) in [5.74, 6) is 5.59. The number of hydrogen-bond acceptors (Lipinski definition) is 1. The number of halogens is 2. The standard InChI is InChI=1S/C15H18ClFO/c1-4-11(2)10-15(3,18)8-7-12-5-6-14(17)13(16)9-12/h5-6,9,11,18H,4,10H2,1-3H3. The number of aliphatic hydroxyl groups is 1. The van der Waals surface area contributed by atoms with Gasteiger partial charge < -0.3 is 5.11 Å². The molecule has 0 radical (unpaired) electrons. The average molecular weight is 269 g/mol. The second kappa shape index (κ2) is 6.22. The van der Waals surface area contributed by atoms with E-state index >= 15 is 0 Å². The van der Waals surface area contributed by atoms with Gasteiger partial charge in [-0.1, -0.05) is 43.7 Å². The molecule has 1 aromatic rings. The highest BCUT2D eigenvalue weighted by Crippen LogP contribution is 2.19. The second-order valence-corrected chi connectivity index (χ2v) is 5.28. The Balaban J connectivity index is 2.83. The van der Waals surface area contributed by atoms with Crippen molar-refractivity contribution in [1.82, 2.24) is 0 Å². The fraction of sp³-hybridized carbons (Fsp3) is 0.467. The monoisotopic (exact) mass is 268 g/mol. The van der Waals surface area contributed by atoms with Crippen LogP contribution in [-0.2, 0) is 0 Å². The van der Waals surface area contributed by atoms with Gasteiger partial charge in [0.2, 0.25) is 0 Å². The van der Waals surface area contributed by atoms with Crippen LogP contribution in [0.1, 0.15) is 39.2 Å². The highest BCUT2D eigenvalue weighted by Gasteiger charge is 2.19. The van der Waals surface area contributed by atoms with E-state index in [9.17, 15) is 9.50 Å². The normalized spacial score (nSPS) is 15.4. The summed E-state index contributed by atoms with van der Waals surface area (Å²) in [6.45, 7) is 5.84. The molecule has 0 aromatic heterocycles. The van der Waals surface area contributed by atoms with Gasteiger partial charge in [-0.15, -0.1) is 0 Å². The molecule has 0 fully saturated rings. The number of rotatable bonds is 3. The molecule has 0 bridgehead atoms. The van der Waals surface area contributed by atoms with Crippen LogP contribution < -0.4 is 0 Å². The SMILES string of the molecule is CCC(C)CC(C)(O)C#Cc1ccc(F)c(Cl)c1. The summed E-state index contributed by atoms with van der Waals surface area (Å²) >= 11 is 5.67. The number of hydrogen-bond donors (Lipinski definition) is 1. The van der Waals surface area contributed by atoms with E-state index in [-0.39, 0.29) is 5.02 Å². The third kappa shape index (κ3) is 4.68. The second-order valence-electron chi connectivity index (χ2n) is 4.87. The highest BCUT2D eigenvalue weighted by atomic mass is 35.5. The largest absolute Gasteiger partial charge is 0.378 e. The van der Waals surface area contributed by atoms with Crippen LogP contribution in [-0.4, -0.2) is 10.7 Å². The van der Waals surface area contributed by atoms with Gasteiger partial charge in [0.25, 0.3) is 0 Å². The maximum Gasteiger partial charge on any atom is 0.141 e. The van der Waals surface area contributed by atoms with Crippen LogP contribution in [0.25, 0.3) is 0 Å². The van der Waals surface area contributed by atoms with Gasteiger partial charge in [0, 0.05) is 5.56 Å². The lowest BCUT2D eigenvalue weighted by Gasteiger charge is -2.20. The van der Waals surface area contributed by atoms with Crippen molar-refractivity contribution in [3.63, 3.8) is 0 Å². The molecule has 0 saturated carbocycles. The molecule has 0 aliphatic rings. The van der Waals surface area contributed by atoms with Gasteiger partial charge >= 0.3 is 0 Å². The van der Waals surface area contributed by atoms with Crippen molar-refractivity contribution in [3.05, 3.63) is 34.6 Å². The lowest BCUT2D eigenvalue weighted by Crippen LogP contribution is -2.24. The average Bonchev–Trinajstić information content (AvgIpc) is 2.30. The molecule has 18 heavy (non-hydrogen) atoms. The first-order chi connectivity index (χ1) is 8.34. The minimum absolute atomic E-state index is 0.0448. The summed E-state index contributed by atoms with van der Waals surface area (Å²) in [7, 11) is 0. The van der Waals surface area contributed by atoms with E-state index in [1.807, 2.05) is 0 Å². The Bertz CT molecular complexity index is 471. The lowest BCUT2D eigenvalue weighted by atomic mass is 9.92. The first kappa shape index (κ1) is 15.0. The lowest BCUT2D eigenvalue weighted by molar-refractivity contribution is 0.0939. The predicted octanol–water partition coefficient (Wildman–Crippen LogP) is 4.02. The van der Waals surface area contributed by atoms with E-state index in [1.165, 1.54) is 12.1 Å². The van der Waals surface area contributed by atoms with Crippen LogP contribution in [0.2, 0.25) is 5.02 Å². The summed E-state index contributed by atoms with van der Waals surface area (Å²) in [6, 6.07) is 4.28. The molecule has 1 aromatic carbocycles. The van der Waals surface area contributed by atoms with E-state index in [2.05, 4.69) is 25.7 Å². The molecule has 2 atom stereocenters. The van der Waals surface area contributed by atoms with Gasteiger partial charge in [0.1, 0.15) is 11.4 Å². The molecule has 2 unspecified atom stereocenters. The van der Waals surface area contributed by atoms with E-state index in [4.69, 9.17) is 11.6 Å². The van der Waals surface area contributed by atoms with Crippen LogP contribution in [0.3, 0.4) is 0 Å². The summed E-state index contributed by atoms with van der Waals surface area (Å²) in [6.07, 6.45) is 1.62. The zero-order chi connectivity index (χ0) is 13.8. The van der Waals surface area contributed by atoms with Gasteiger partial charge in [-0.05, 0) is 37.5 Å². The van der Waals surface area contributed by atoms with E-state index in [0.717, 1.165) is 6.42 Å². The van der Waals surface area contributed by atoms with Crippen molar-refractivity contribution < 1.29 is 9.50 Å². The quantitative estimate of drug-likeness (QED) is 0.821. The van der Waals surface area contributed by atoms with Gasteiger partial charge in [0.05, 0.1) is 5.02 Å². The smallest absolute Gasteiger partial charge is 0.141 e. The molecular formula is C15H18ClFO. The molecule has 1 rings (SSSR count). The Morgan fingerprint density at radius 1 is 1.50 bits per heavy atom. The van der Waals surface area contributed by atoms with Gasteiger partial charge in [-0.3, -0.25) is 0 Å². The maximum absolute atomic E-state index is 13.0. The molecule has 0 amide bonds. The van der Waals surface area contributed by atoms with E-state index in [0.29, 0.717) is 17.9 Å². The van der Waals surface area contributed by atoms with E-state index < -0.39 is 11.4 Å². The van der Waals surface area contributed by atoms with E-state index in [1.54, 1.807) is 13.0 Å². The molecule has 1 N–H and O–H groups in total. The van der Waals surface area contributed by atoms with Crippen LogP contribution in [0, 0.1) is 23.6 Å². The predicted molar refractivity (Wildman–Crippen MR) is 73.0 cm³/mol. The van der Waals surface area contributed by atoms with Crippen LogP contribution in [0.15, 0.2) is 18.2 Å². The minimum atomic E-state index is -1.03. The Morgan fingerprint density at radius 3 is 2.72 bits per heavy atom. The topological polar surface area (TPSA) is 20.2 Å². The maximum atomic E-state index is 13.0. The third-order valence-corrected chi connectivity index (χ3v) is 3.13. The summed E-state index contributed by atoms with van der Waals surface area (Å²) < 4.78 is 13.0. The Hall–Kier alpha value is -1.04. The molecule has 0 aliphatic heterocycles. The van der Waals surface area contributed by atoms with Crippen molar-refractivity contribution >= 4 is 11.6 Å². The van der Waals surface area contributed by atoms with Crippen LogP contribution in [0.4, 0.5) is 4.39 Å². The van der Waals surface area contributed by atoms with Crippen molar-refractivity contribution in [2.45, 2.75) is 39.2 Å².